The third kappa shape index (κ3) is 2.95. The first-order chi connectivity index (χ1) is 7.18. The molecule has 2 rings (SSSR count). The number of thioether (sulfide) groups is 1. The van der Waals surface area contributed by atoms with E-state index in [1.165, 1.54) is 18.2 Å². The van der Waals surface area contributed by atoms with Crippen molar-refractivity contribution in [2.24, 2.45) is 0 Å². The molecule has 0 atom stereocenters. The maximum Gasteiger partial charge on any atom is 0.276 e. The van der Waals surface area contributed by atoms with Crippen molar-refractivity contribution in [1.82, 2.24) is 10.2 Å². The van der Waals surface area contributed by atoms with E-state index in [2.05, 4.69) is 10.2 Å². The minimum Gasteiger partial charge on any atom is -0.416 e. The van der Waals surface area contributed by atoms with Gasteiger partial charge in [0.1, 0.15) is 0 Å². The van der Waals surface area contributed by atoms with Crippen molar-refractivity contribution in [3.8, 4) is 0 Å². The molecule has 1 aliphatic carbocycles. The van der Waals surface area contributed by atoms with Gasteiger partial charge in [-0.25, -0.2) is 0 Å². The zero-order chi connectivity index (χ0) is 10.7. The molecule has 0 spiro atoms. The van der Waals surface area contributed by atoms with Gasteiger partial charge in [0, 0.05) is 12.7 Å². The number of aromatic nitrogens is 2. The number of aryl methyl sites for hydroxylation is 1. The highest BCUT2D eigenvalue weighted by atomic mass is 32.2. The summed E-state index contributed by atoms with van der Waals surface area (Å²) in [7, 11) is 0. The van der Waals surface area contributed by atoms with Crippen LogP contribution in [0.1, 0.15) is 38.0 Å². The van der Waals surface area contributed by atoms with Gasteiger partial charge in [-0.1, -0.05) is 31.0 Å². The van der Waals surface area contributed by atoms with Crippen LogP contribution in [0.3, 0.4) is 0 Å². The molecule has 15 heavy (non-hydrogen) atoms. The molecule has 0 saturated heterocycles. The molecule has 0 bridgehead atoms. The van der Waals surface area contributed by atoms with Crippen molar-refractivity contribution in [3.05, 3.63) is 5.89 Å². The van der Waals surface area contributed by atoms with E-state index in [1.54, 1.807) is 6.92 Å². The Morgan fingerprint density at radius 1 is 1.33 bits per heavy atom. The highest BCUT2D eigenvalue weighted by Gasteiger charge is 2.29. The molecule has 1 saturated carbocycles. The number of aliphatic hydroxyl groups is 1. The molecule has 1 fully saturated rings. The predicted molar refractivity (Wildman–Crippen MR) is 57.8 cm³/mol. The van der Waals surface area contributed by atoms with E-state index in [0.717, 1.165) is 25.7 Å². The van der Waals surface area contributed by atoms with Crippen molar-refractivity contribution >= 4 is 11.8 Å². The van der Waals surface area contributed by atoms with Crippen LogP contribution in [-0.4, -0.2) is 26.7 Å². The molecule has 84 valence electrons. The van der Waals surface area contributed by atoms with Crippen molar-refractivity contribution < 1.29 is 9.52 Å². The smallest absolute Gasteiger partial charge is 0.276 e. The molecule has 0 aromatic carbocycles. The van der Waals surface area contributed by atoms with Crippen LogP contribution in [0.4, 0.5) is 0 Å². The fourth-order valence-corrected chi connectivity index (χ4v) is 2.85. The summed E-state index contributed by atoms with van der Waals surface area (Å²) in [4.78, 5) is 0. The van der Waals surface area contributed by atoms with Crippen LogP contribution in [0.15, 0.2) is 9.64 Å². The van der Waals surface area contributed by atoms with E-state index >= 15 is 0 Å². The minimum atomic E-state index is -0.523. The van der Waals surface area contributed by atoms with Gasteiger partial charge in [0.05, 0.1) is 5.60 Å². The highest BCUT2D eigenvalue weighted by molar-refractivity contribution is 7.99. The standard InChI is InChI=1S/C10H16N2O2S/c1-8-11-12-9(14-8)15-7-10(13)5-3-2-4-6-10/h13H,2-7H2,1H3. The summed E-state index contributed by atoms with van der Waals surface area (Å²) in [5.74, 6) is 1.24. The number of rotatable bonds is 3. The lowest BCUT2D eigenvalue weighted by atomic mass is 9.86. The highest BCUT2D eigenvalue weighted by Crippen LogP contribution is 2.32. The second-order valence-corrected chi connectivity index (χ2v) is 5.09. The molecular weight excluding hydrogens is 212 g/mol. The van der Waals surface area contributed by atoms with Gasteiger partial charge in [-0.15, -0.1) is 10.2 Å². The summed E-state index contributed by atoms with van der Waals surface area (Å²) in [5.41, 5.74) is -0.523. The molecule has 4 nitrogen and oxygen atoms in total. The molecule has 0 amide bonds. The zero-order valence-corrected chi connectivity index (χ0v) is 9.72. The van der Waals surface area contributed by atoms with Crippen molar-refractivity contribution in [3.63, 3.8) is 0 Å². The van der Waals surface area contributed by atoms with Gasteiger partial charge in [-0.05, 0) is 12.8 Å². The van der Waals surface area contributed by atoms with Crippen molar-refractivity contribution in [2.75, 3.05) is 5.75 Å². The molecule has 1 aromatic heterocycles. The Labute approximate surface area is 93.5 Å². The van der Waals surface area contributed by atoms with Crippen LogP contribution >= 0.6 is 11.8 Å². The maximum absolute atomic E-state index is 10.2. The SMILES string of the molecule is Cc1nnc(SCC2(O)CCCCC2)o1. The molecule has 0 aliphatic heterocycles. The molecule has 0 unspecified atom stereocenters. The number of hydrogen-bond acceptors (Lipinski definition) is 5. The van der Waals surface area contributed by atoms with Gasteiger partial charge in [0.2, 0.25) is 5.89 Å². The fraction of sp³-hybridized carbons (Fsp3) is 0.800. The summed E-state index contributed by atoms with van der Waals surface area (Å²) in [6.07, 6.45) is 5.28. The molecule has 0 radical (unpaired) electrons. The van der Waals surface area contributed by atoms with Gasteiger partial charge >= 0.3 is 0 Å². The quantitative estimate of drug-likeness (QED) is 0.803. The lowest BCUT2D eigenvalue weighted by molar-refractivity contribution is 0.0271. The Morgan fingerprint density at radius 3 is 2.67 bits per heavy atom. The second kappa shape index (κ2) is 4.53. The fourth-order valence-electron chi connectivity index (χ4n) is 1.89. The third-order valence-electron chi connectivity index (χ3n) is 2.76. The lowest BCUT2D eigenvalue weighted by Crippen LogP contribution is -2.33. The molecular formula is C10H16N2O2S. The Morgan fingerprint density at radius 2 is 2.07 bits per heavy atom. The summed E-state index contributed by atoms with van der Waals surface area (Å²) >= 11 is 1.46. The zero-order valence-electron chi connectivity index (χ0n) is 8.90. The minimum absolute atomic E-state index is 0.523. The lowest BCUT2D eigenvalue weighted by Gasteiger charge is -2.31. The maximum atomic E-state index is 10.2. The van der Waals surface area contributed by atoms with Crippen LogP contribution in [-0.2, 0) is 0 Å². The molecule has 1 aliphatic rings. The molecule has 1 aromatic rings. The van der Waals surface area contributed by atoms with Gasteiger partial charge in [-0.2, -0.15) is 0 Å². The first kappa shape index (κ1) is 11.0. The number of hydrogen-bond donors (Lipinski definition) is 1. The second-order valence-electron chi connectivity index (χ2n) is 4.16. The average molecular weight is 228 g/mol. The van der Waals surface area contributed by atoms with Crippen molar-refractivity contribution in [1.29, 1.82) is 0 Å². The van der Waals surface area contributed by atoms with Gasteiger partial charge in [0.25, 0.3) is 5.22 Å². The van der Waals surface area contributed by atoms with E-state index in [-0.39, 0.29) is 0 Å². The van der Waals surface area contributed by atoms with Gasteiger partial charge in [0.15, 0.2) is 0 Å². The van der Waals surface area contributed by atoms with Crippen LogP contribution in [0.25, 0.3) is 0 Å². The van der Waals surface area contributed by atoms with E-state index < -0.39 is 5.60 Å². The molecule has 5 heteroatoms. The predicted octanol–water partition coefficient (Wildman–Crippen LogP) is 2.17. The van der Waals surface area contributed by atoms with Crippen LogP contribution in [0.5, 0.6) is 0 Å². The van der Waals surface area contributed by atoms with Gasteiger partial charge in [-0.3, -0.25) is 0 Å². The normalized spacial score (nSPS) is 20.4. The summed E-state index contributed by atoms with van der Waals surface area (Å²) < 4.78 is 5.25. The molecule has 1 heterocycles. The van der Waals surface area contributed by atoms with E-state index in [9.17, 15) is 5.11 Å². The van der Waals surface area contributed by atoms with Crippen LogP contribution in [0, 0.1) is 6.92 Å². The number of nitrogens with zero attached hydrogens (tertiary/aromatic N) is 2. The Kier molecular flexibility index (Phi) is 3.31. The van der Waals surface area contributed by atoms with Gasteiger partial charge < -0.3 is 9.52 Å². The summed E-state index contributed by atoms with van der Waals surface area (Å²) in [6.45, 7) is 1.77. The topological polar surface area (TPSA) is 59.2 Å². The largest absolute Gasteiger partial charge is 0.416 e. The third-order valence-corrected chi connectivity index (χ3v) is 3.85. The average Bonchev–Trinajstić information content (AvgIpc) is 2.63. The Hall–Kier alpha value is -0.550. The molecule has 1 N–H and O–H groups in total. The van der Waals surface area contributed by atoms with E-state index in [1.807, 2.05) is 0 Å². The Balaban J connectivity index is 1.86. The first-order valence-corrected chi connectivity index (χ1v) is 6.32. The monoisotopic (exact) mass is 228 g/mol. The summed E-state index contributed by atoms with van der Waals surface area (Å²) in [6, 6.07) is 0. The van der Waals surface area contributed by atoms with Crippen molar-refractivity contribution in [2.45, 2.75) is 49.9 Å². The van der Waals surface area contributed by atoms with E-state index in [0.29, 0.717) is 16.9 Å². The van der Waals surface area contributed by atoms with E-state index in [4.69, 9.17) is 4.42 Å². The first-order valence-electron chi connectivity index (χ1n) is 5.33. The van der Waals surface area contributed by atoms with Crippen LogP contribution in [0.2, 0.25) is 0 Å². The summed E-state index contributed by atoms with van der Waals surface area (Å²) in [5, 5.41) is 18.4. The Bertz CT molecular complexity index is 321. The van der Waals surface area contributed by atoms with Crippen LogP contribution < -0.4 is 0 Å².